The smallest absolute Gasteiger partial charge is 0.408 e. The van der Waals surface area contributed by atoms with Gasteiger partial charge in [0.15, 0.2) is 0 Å². The number of aryl methyl sites for hydroxylation is 2. The van der Waals surface area contributed by atoms with Crippen LogP contribution in [0, 0.1) is 13.8 Å². The van der Waals surface area contributed by atoms with Crippen LogP contribution in [-0.4, -0.2) is 58.5 Å². The molecule has 3 unspecified atom stereocenters. The maximum absolute atomic E-state index is 14.1. The van der Waals surface area contributed by atoms with E-state index < -0.39 is 23.8 Å². The van der Waals surface area contributed by atoms with Crippen molar-refractivity contribution in [2.75, 3.05) is 12.0 Å². The molecule has 3 amide bonds. The SMILES string of the molecule is CCCC(C)NC(=O)C(c1ccc(C)c(C)c1)N(C(=O)C(CCSC)NC(=O)OC(C)(C)C)C1CC1. The number of nitrogens with one attached hydrogen (secondary N) is 2. The highest BCUT2D eigenvalue weighted by molar-refractivity contribution is 7.98. The molecule has 1 aromatic rings. The van der Waals surface area contributed by atoms with Gasteiger partial charge in [-0.3, -0.25) is 9.59 Å². The number of nitrogens with zero attached hydrogens (tertiary/aromatic N) is 1. The Morgan fingerprint density at radius 3 is 2.31 bits per heavy atom. The number of thioether (sulfide) groups is 1. The number of alkyl carbamates (subject to hydrolysis) is 1. The fraction of sp³-hybridized carbons (Fsp3) is 0.679. The van der Waals surface area contributed by atoms with Gasteiger partial charge < -0.3 is 20.3 Å². The molecule has 1 saturated carbocycles. The second-order valence-electron chi connectivity index (χ2n) is 10.9. The van der Waals surface area contributed by atoms with Crippen LogP contribution in [0.25, 0.3) is 0 Å². The quantitative estimate of drug-likeness (QED) is 0.392. The number of hydrogen-bond acceptors (Lipinski definition) is 5. The van der Waals surface area contributed by atoms with Crippen LogP contribution in [0.15, 0.2) is 18.2 Å². The van der Waals surface area contributed by atoms with Gasteiger partial charge >= 0.3 is 6.09 Å². The van der Waals surface area contributed by atoms with Crippen molar-refractivity contribution < 1.29 is 19.1 Å². The van der Waals surface area contributed by atoms with Crippen molar-refractivity contribution in [2.24, 2.45) is 0 Å². The number of hydrogen-bond donors (Lipinski definition) is 2. The van der Waals surface area contributed by atoms with Gasteiger partial charge in [0.2, 0.25) is 11.8 Å². The Morgan fingerprint density at radius 1 is 1.11 bits per heavy atom. The Balaban J connectivity index is 2.45. The number of benzene rings is 1. The zero-order valence-electron chi connectivity index (χ0n) is 23.3. The molecule has 2 rings (SSSR count). The van der Waals surface area contributed by atoms with E-state index in [9.17, 15) is 14.4 Å². The Bertz CT molecular complexity index is 911. The second kappa shape index (κ2) is 13.4. The molecule has 3 atom stereocenters. The van der Waals surface area contributed by atoms with Crippen molar-refractivity contribution in [1.29, 1.82) is 0 Å². The normalized spacial score (nSPS) is 16.0. The zero-order valence-corrected chi connectivity index (χ0v) is 24.1. The molecule has 1 aliphatic carbocycles. The van der Waals surface area contributed by atoms with Crippen molar-refractivity contribution >= 4 is 29.7 Å². The first-order chi connectivity index (χ1) is 16.9. The van der Waals surface area contributed by atoms with E-state index in [-0.39, 0.29) is 23.9 Å². The van der Waals surface area contributed by atoms with Gasteiger partial charge in [0.1, 0.15) is 17.7 Å². The van der Waals surface area contributed by atoms with E-state index in [2.05, 4.69) is 17.6 Å². The average Bonchev–Trinajstić information content (AvgIpc) is 3.60. The lowest BCUT2D eigenvalue weighted by Crippen LogP contribution is -2.54. The molecule has 0 aliphatic heterocycles. The van der Waals surface area contributed by atoms with Crippen molar-refractivity contribution in [3.8, 4) is 0 Å². The summed E-state index contributed by atoms with van der Waals surface area (Å²) in [5.74, 6) is 0.276. The molecule has 1 aromatic carbocycles. The fourth-order valence-corrected chi connectivity index (χ4v) is 4.66. The van der Waals surface area contributed by atoms with E-state index in [1.807, 2.05) is 45.2 Å². The van der Waals surface area contributed by atoms with E-state index in [1.165, 1.54) is 0 Å². The van der Waals surface area contributed by atoms with Gasteiger partial charge in [0, 0.05) is 12.1 Å². The maximum Gasteiger partial charge on any atom is 0.408 e. The number of amides is 3. The van der Waals surface area contributed by atoms with Crippen LogP contribution in [0.3, 0.4) is 0 Å². The Labute approximate surface area is 221 Å². The van der Waals surface area contributed by atoms with Crippen LogP contribution >= 0.6 is 11.8 Å². The molecular weight excluding hydrogens is 474 g/mol. The van der Waals surface area contributed by atoms with Gasteiger partial charge in [-0.25, -0.2) is 4.79 Å². The molecule has 0 bridgehead atoms. The summed E-state index contributed by atoms with van der Waals surface area (Å²) in [5, 5.41) is 5.94. The van der Waals surface area contributed by atoms with E-state index in [1.54, 1.807) is 37.4 Å². The molecule has 8 heteroatoms. The largest absolute Gasteiger partial charge is 0.444 e. The van der Waals surface area contributed by atoms with Gasteiger partial charge in [-0.1, -0.05) is 31.5 Å². The summed E-state index contributed by atoms with van der Waals surface area (Å²) >= 11 is 1.61. The Morgan fingerprint density at radius 2 is 1.78 bits per heavy atom. The fourth-order valence-electron chi connectivity index (χ4n) is 4.19. The molecule has 36 heavy (non-hydrogen) atoms. The molecule has 0 heterocycles. The van der Waals surface area contributed by atoms with Gasteiger partial charge in [0.25, 0.3) is 0 Å². The molecule has 0 aromatic heterocycles. The summed E-state index contributed by atoms with van der Waals surface area (Å²) in [6.45, 7) is 13.5. The van der Waals surface area contributed by atoms with Crippen LogP contribution in [0.1, 0.15) is 89.5 Å². The van der Waals surface area contributed by atoms with Gasteiger partial charge in [-0.05, 0) is 95.9 Å². The number of rotatable bonds is 12. The number of carbonyl (C=O) groups excluding carboxylic acids is 3. The van der Waals surface area contributed by atoms with E-state index in [0.29, 0.717) is 12.2 Å². The Hall–Kier alpha value is -2.22. The zero-order chi connectivity index (χ0) is 27.0. The van der Waals surface area contributed by atoms with Crippen LogP contribution in [0.4, 0.5) is 4.79 Å². The first kappa shape index (κ1) is 30.0. The molecule has 0 spiro atoms. The van der Waals surface area contributed by atoms with Crippen molar-refractivity contribution in [3.05, 3.63) is 34.9 Å². The third-order valence-corrected chi connectivity index (χ3v) is 6.92. The van der Waals surface area contributed by atoms with Gasteiger partial charge in [0.05, 0.1) is 0 Å². The Kier molecular flexibility index (Phi) is 11.1. The predicted octanol–water partition coefficient (Wildman–Crippen LogP) is 5.29. The molecule has 1 fully saturated rings. The first-order valence-corrected chi connectivity index (χ1v) is 14.5. The minimum absolute atomic E-state index is 0.000114. The highest BCUT2D eigenvalue weighted by Crippen LogP contribution is 2.36. The standard InChI is InChI=1S/C28H45N3O4S/c1-9-10-20(4)29-25(32)24(21-12-11-18(2)19(3)17-21)31(22-13-14-22)26(33)23(15-16-36-8)30-27(34)35-28(5,6)7/h11-12,17,20,22-24H,9-10,13-16H2,1-8H3,(H,29,32)(H,30,34). The highest BCUT2D eigenvalue weighted by atomic mass is 32.2. The molecule has 2 N–H and O–H groups in total. The molecular formula is C28H45N3O4S. The van der Waals surface area contributed by atoms with Gasteiger partial charge in [-0.2, -0.15) is 11.8 Å². The summed E-state index contributed by atoms with van der Waals surface area (Å²) < 4.78 is 5.45. The minimum Gasteiger partial charge on any atom is -0.444 e. The summed E-state index contributed by atoms with van der Waals surface area (Å²) in [4.78, 5) is 42.2. The lowest BCUT2D eigenvalue weighted by molar-refractivity contribution is -0.143. The lowest BCUT2D eigenvalue weighted by atomic mass is 9.97. The lowest BCUT2D eigenvalue weighted by Gasteiger charge is -2.35. The average molecular weight is 520 g/mol. The minimum atomic E-state index is -0.775. The predicted molar refractivity (Wildman–Crippen MR) is 147 cm³/mol. The molecule has 7 nitrogen and oxygen atoms in total. The third kappa shape index (κ3) is 9.02. The monoisotopic (exact) mass is 519 g/mol. The molecule has 0 radical (unpaired) electrons. The second-order valence-corrected chi connectivity index (χ2v) is 11.9. The number of ether oxygens (including phenoxy) is 1. The number of carbonyl (C=O) groups is 3. The van der Waals surface area contributed by atoms with Crippen molar-refractivity contribution in [1.82, 2.24) is 15.5 Å². The summed E-state index contributed by atoms with van der Waals surface area (Å²) in [6, 6.07) is 4.38. The van der Waals surface area contributed by atoms with Crippen LogP contribution in [0.5, 0.6) is 0 Å². The van der Waals surface area contributed by atoms with Crippen LogP contribution < -0.4 is 10.6 Å². The summed E-state index contributed by atoms with van der Waals surface area (Å²) in [6.07, 6.45) is 5.29. The van der Waals surface area contributed by atoms with E-state index >= 15 is 0 Å². The van der Waals surface area contributed by atoms with E-state index in [4.69, 9.17) is 4.74 Å². The third-order valence-electron chi connectivity index (χ3n) is 6.28. The van der Waals surface area contributed by atoms with E-state index in [0.717, 1.165) is 42.4 Å². The van der Waals surface area contributed by atoms with Crippen LogP contribution in [0.2, 0.25) is 0 Å². The molecule has 1 aliphatic rings. The summed E-state index contributed by atoms with van der Waals surface area (Å²) in [7, 11) is 0. The van der Waals surface area contributed by atoms with Crippen molar-refractivity contribution in [3.63, 3.8) is 0 Å². The maximum atomic E-state index is 14.1. The molecule has 202 valence electrons. The van der Waals surface area contributed by atoms with Crippen LogP contribution in [-0.2, 0) is 14.3 Å². The molecule has 0 saturated heterocycles. The first-order valence-electron chi connectivity index (χ1n) is 13.1. The van der Waals surface area contributed by atoms with Gasteiger partial charge in [-0.15, -0.1) is 0 Å². The highest BCUT2D eigenvalue weighted by Gasteiger charge is 2.44. The topological polar surface area (TPSA) is 87.7 Å². The summed E-state index contributed by atoms with van der Waals surface area (Å²) in [5.41, 5.74) is 2.32. The van der Waals surface area contributed by atoms with Crippen molar-refractivity contribution in [2.45, 2.75) is 110 Å².